The summed E-state index contributed by atoms with van der Waals surface area (Å²) >= 11 is 0. The van der Waals surface area contributed by atoms with Crippen LogP contribution in [0.2, 0.25) is 0 Å². The summed E-state index contributed by atoms with van der Waals surface area (Å²) < 4.78 is 0. The zero-order chi connectivity index (χ0) is 14.0. The molecule has 0 aliphatic rings. The quantitative estimate of drug-likeness (QED) is 0.367. The van der Waals surface area contributed by atoms with E-state index in [0.717, 1.165) is 12.8 Å². The van der Waals surface area contributed by atoms with E-state index >= 15 is 0 Å². The Labute approximate surface area is 125 Å². The average molecular weight is 285 g/mol. The van der Waals surface area contributed by atoms with Gasteiger partial charge < -0.3 is 10.8 Å². The van der Waals surface area contributed by atoms with Crippen molar-refractivity contribution in [1.29, 1.82) is 0 Å². The van der Waals surface area contributed by atoms with E-state index in [9.17, 15) is 4.79 Å². The minimum Gasteiger partial charge on any atom is -0.412 e. The van der Waals surface area contributed by atoms with E-state index in [1.54, 1.807) is 6.08 Å². The summed E-state index contributed by atoms with van der Waals surface area (Å²) in [7, 11) is 0. The largest absolute Gasteiger partial charge is 0.412 e. The van der Waals surface area contributed by atoms with E-state index in [4.69, 9.17) is 0 Å². The van der Waals surface area contributed by atoms with Crippen LogP contribution in [0.4, 0.5) is 0 Å². The first-order valence-corrected chi connectivity index (χ1v) is 8.32. The summed E-state index contributed by atoms with van der Waals surface area (Å²) in [6.45, 7) is 4.63. The minimum absolute atomic E-state index is 0. The van der Waals surface area contributed by atoms with Crippen LogP contribution < -0.4 is 5.32 Å². The summed E-state index contributed by atoms with van der Waals surface area (Å²) in [4.78, 5) is 9.95. The van der Waals surface area contributed by atoms with Crippen molar-refractivity contribution in [3.63, 3.8) is 0 Å². The summed E-state index contributed by atoms with van der Waals surface area (Å²) in [6.07, 6.45) is 17.1. The van der Waals surface area contributed by atoms with Crippen LogP contribution in [0.3, 0.4) is 0 Å². The molecule has 0 atom stereocenters. The second-order valence-corrected chi connectivity index (χ2v) is 5.40. The Morgan fingerprint density at radius 1 is 0.800 bits per heavy atom. The predicted molar refractivity (Wildman–Crippen MR) is 87.8 cm³/mol. The number of allylic oxidation sites excluding steroid dienone is 1. The normalized spacial score (nSPS) is 9.85. The number of hydrogen-bond acceptors (Lipinski definition) is 2. The molecule has 3 N–H and O–H groups in total. The van der Waals surface area contributed by atoms with E-state index in [0.29, 0.717) is 0 Å². The van der Waals surface area contributed by atoms with Crippen molar-refractivity contribution in [2.75, 3.05) is 13.1 Å². The van der Waals surface area contributed by atoms with Crippen LogP contribution >= 0.6 is 0 Å². The van der Waals surface area contributed by atoms with E-state index in [-0.39, 0.29) is 5.48 Å². The SMILES string of the molecule is CCCCCCCCNCCCCCCCC=C=O.O. The van der Waals surface area contributed by atoms with Crippen LogP contribution in [0, 0.1) is 0 Å². The molecule has 0 aliphatic heterocycles. The monoisotopic (exact) mass is 285 g/mol. The van der Waals surface area contributed by atoms with Crippen LogP contribution in [0.15, 0.2) is 6.08 Å². The molecule has 20 heavy (non-hydrogen) atoms. The second kappa shape index (κ2) is 20.7. The van der Waals surface area contributed by atoms with Gasteiger partial charge in [0.15, 0.2) is 0 Å². The van der Waals surface area contributed by atoms with Gasteiger partial charge in [-0.25, -0.2) is 4.79 Å². The highest BCUT2D eigenvalue weighted by atomic mass is 16.1. The molecule has 0 aromatic heterocycles. The molecular formula is C17H35NO2. The van der Waals surface area contributed by atoms with Gasteiger partial charge in [-0.05, 0) is 44.8 Å². The van der Waals surface area contributed by atoms with Gasteiger partial charge >= 0.3 is 0 Å². The molecule has 0 aromatic rings. The Bertz CT molecular complexity index is 213. The van der Waals surface area contributed by atoms with Crippen molar-refractivity contribution in [1.82, 2.24) is 5.32 Å². The summed E-state index contributed by atoms with van der Waals surface area (Å²) in [5.74, 6) is 1.83. The van der Waals surface area contributed by atoms with E-state index in [1.165, 1.54) is 77.3 Å². The van der Waals surface area contributed by atoms with Crippen LogP contribution in [0.1, 0.15) is 84.0 Å². The second-order valence-electron chi connectivity index (χ2n) is 5.40. The van der Waals surface area contributed by atoms with Gasteiger partial charge in [0.05, 0.1) is 0 Å². The first-order valence-electron chi connectivity index (χ1n) is 8.32. The number of carbonyl (C=O) groups excluding carboxylic acids is 1. The topological polar surface area (TPSA) is 60.6 Å². The molecule has 0 bridgehead atoms. The molecule has 0 unspecified atom stereocenters. The van der Waals surface area contributed by atoms with Gasteiger partial charge in [0.2, 0.25) is 0 Å². The summed E-state index contributed by atoms with van der Waals surface area (Å²) in [6, 6.07) is 0. The van der Waals surface area contributed by atoms with Crippen LogP contribution in [-0.4, -0.2) is 24.5 Å². The highest BCUT2D eigenvalue weighted by molar-refractivity contribution is 5.44. The fraction of sp³-hybridized carbons (Fsp3) is 0.882. The highest BCUT2D eigenvalue weighted by Gasteiger charge is 1.92. The number of hydrogen-bond donors (Lipinski definition) is 1. The Hall–Kier alpha value is -0.630. The lowest BCUT2D eigenvalue weighted by Gasteiger charge is -2.04. The molecule has 0 amide bonds. The molecule has 120 valence electrons. The molecule has 0 rings (SSSR count). The number of unbranched alkanes of at least 4 members (excludes halogenated alkanes) is 10. The lowest BCUT2D eigenvalue weighted by atomic mass is 10.1. The van der Waals surface area contributed by atoms with Crippen molar-refractivity contribution in [2.45, 2.75) is 84.0 Å². The van der Waals surface area contributed by atoms with Gasteiger partial charge in [-0.2, -0.15) is 0 Å². The zero-order valence-electron chi connectivity index (χ0n) is 13.4. The van der Waals surface area contributed by atoms with Gasteiger partial charge in [-0.15, -0.1) is 0 Å². The van der Waals surface area contributed by atoms with Crippen molar-refractivity contribution in [3.8, 4) is 0 Å². The highest BCUT2D eigenvalue weighted by Crippen LogP contribution is 2.05. The van der Waals surface area contributed by atoms with E-state index < -0.39 is 0 Å². The van der Waals surface area contributed by atoms with Gasteiger partial charge in [0.25, 0.3) is 0 Å². The molecule has 3 heteroatoms. The molecule has 0 spiro atoms. The van der Waals surface area contributed by atoms with Gasteiger partial charge in [-0.1, -0.05) is 58.3 Å². The first-order chi connectivity index (χ1) is 9.41. The smallest absolute Gasteiger partial charge is 0.120 e. The molecule has 0 aromatic carbocycles. The molecule has 3 nitrogen and oxygen atoms in total. The van der Waals surface area contributed by atoms with Crippen LogP contribution in [0.25, 0.3) is 0 Å². The first kappa shape index (κ1) is 21.7. The maximum absolute atomic E-state index is 9.95. The van der Waals surface area contributed by atoms with Gasteiger partial charge in [0.1, 0.15) is 5.94 Å². The fourth-order valence-corrected chi connectivity index (χ4v) is 2.24. The Morgan fingerprint density at radius 3 is 1.85 bits per heavy atom. The number of nitrogens with one attached hydrogen (secondary N) is 1. The number of rotatable bonds is 15. The standard InChI is InChI=1S/C17H33NO.H2O/c1-2-3-4-5-9-12-15-18-16-13-10-7-6-8-11-14-17-19;/h14,18H,2-13,15-16H2,1H3;1H2. The van der Waals surface area contributed by atoms with Crippen LogP contribution in [-0.2, 0) is 4.79 Å². The third-order valence-electron chi connectivity index (χ3n) is 3.49. The molecular weight excluding hydrogens is 250 g/mol. The lowest BCUT2D eigenvalue weighted by molar-refractivity contribution is 0.545. The molecule has 0 aliphatic carbocycles. The lowest BCUT2D eigenvalue weighted by Crippen LogP contribution is -2.16. The molecule has 0 saturated carbocycles. The van der Waals surface area contributed by atoms with Crippen molar-refractivity contribution >= 4 is 5.94 Å². The molecule has 0 fully saturated rings. The van der Waals surface area contributed by atoms with Crippen LogP contribution in [0.5, 0.6) is 0 Å². The van der Waals surface area contributed by atoms with Crippen molar-refractivity contribution in [2.24, 2.45) is 0 Å². The van der Waals surface area contributed by atoms with Gasteiger partial charge in [-0.3, -0.25) is 0 Å². The minimum atomic E-state index is 0. The third-order valence-corrected chi connectivity index (χ3v) is 3.49. The van der Waals surface area contributed by atoms with E-state index in [2.05, 4.69) is 12.2 Å². The van der Waals surface area contributed by atoms with Crippen molar-refractivity contribution in [3.05, 3.63) is 6.08 Å². The molecule has 0 saturated heterocycles. The Balaban J connectivity index is 0. The van der Waals surface area contributed by atoms with E-state index in [1.807, 2.05) is 5.94 Å². The Morgan fingerprint density at radius 2 is 1.30 bits per heavy atom. The summed E-state index contributed by atoms with van der Waals surface area (Å²) in [5, 5.41) is 3.53. The zero-order valence-corrected chi connectivity index (χ0v) is 13.4. The Kier molecular flexibility index (Phi) is 22.4. The molecule has 0 radical (unpaired) electrons. The molecule has 0 heterocycles. The maximum atomic E-state index is 9.95. The van der Waals surface area contributed by atoms with Gasteiger partial charge in [0, 0.05) is 0 Å². The fourth-order valence-electron chi connectivity index (χ4n) is 2.24. The van der Waals surface area contributed by atoms with Crippen molar-refractivity contribution < 1.29 is 10.3 Å². The average Bonchev–Trinajstić information content (AvgIpc) is 2.43. The maximum Gasteiger partial charge on any atom is 0.120 e. The predicted octanol–water partition coefficient (Wildman–Crippen LogP) is 3.84. The third kappa shape index (κ3) is 19.7. The summed E-state index contributed by atoms with van der Waals surface area (Å²) in [5.41, 5.74) is 0.